The van der Waals surface area contributed by atoms with Crippen LogP contribution in [0, 0.1) is 5.41 Å². The molecule has 0 atom stereocenters. The number of carboxylic acid groups (broad SMARTS) is 1. The van der Waals surface area contributed by atoms with Gasteiger partial charge in [0, 0.05) is 30.8 Å². The molecule has 2 heterocycles. The van der Waals surface area contributed by atoms with Gasteiger partial charge in [0.25, 0.3) is 5.91 Å². The Morgan fingerprint density at radius 1 is 0.947 bits per heavy atom. The molecule has 208 valence electrons. The largest absolute Gasteiger partial charge is 0.497 e. The van der Waals surface area contributed by atoms with Crippen molar-refractivity contribution in [1.29, 1.82) is 0 Å². The maximum atomic E-state index is 12.9. The number of ether oxygens (including phenoxy) is 2. The van der Waals surface area contributed by atoms with Gasteiger partial charge in [-0.1, -0.05) is 18.2 Å². The van der Waals surface area contributed by atoms with Crippen molar-refractivity contribution in [2.75, 3.05) is 39.9 Å². The first-order chi connectivity index (χ1) is 18.1. The van der Waals surface area contributed by atoms with E-state index in [-0.39, 0.29) is 5.91 Å². The van der Waals surface area contributed by atoms with Crippen LogP contribution in [0.1, 0.15) is 48.5 Å². The summed E-state index contributed by atoms with van der Waals surface area (Å²) in [6.07, 6.45) is -0.431. The SMILES string of the molecule is CCOc1ccccc1CN1CCC2(CC1)CCN(C(=O)c1ccc(OC)cc1)CC2.O=C(O)C(F)(F)F. The van der Waals surface area contributed by atoms with Crippen LogP contribution < -0.4 is 9.47 Å². The van der Waals surface area contributed by atoms with Crippen molar-refractivity contribution in [2.24, 2.45) is 5.41 Å². The van der Waals surface area contributed by atoms with Gasteiger partial charge >= 0.3 is 12.1 Å². The van der Waals surface area contributed by atoms with E-state index in [1.54, 1.807) is 7.11 Å². The molecule has 0 aliphatic carbocycles. The number of para-hydroxylation sites is 1. The number of nitrogens with zero attached hydrogens (tertiary/aromatic N) is 2. The topological polar surface area (TPSA) is 79.3 Å². The zero-order chi connectivity index (χ0) is 27.8. The van der Waals surface area contributed by atoms with Crippen LogP contribution in [0.5, 0.6) is 11.5 Å². The normalized spacial score (nSPS) is 17.3. The van der Waals surface area contributed by atoms with E-state index in [1.165, 1.54) is 18.4 Å². The lowest BCUT2D eigenvalue weighted by Crippen LogP contribution is -2.48. The summed E-state index contributed by atoms with van der Waals surface area (Å²) < 4.78 is 42.7. The average Bonchev–Trinajstić information content (AvgIpc) is 2.91. The molecule has 2 aromatic carbocycles. The molecule has 0 bridgehead atoms. The predicted octanol–water partition coefficient (Wildman–Crippen LogP) is 5.25. The monoisotopic (exact) mass is 536 g/mol. The number of aliphatic carboxylic acids is 1. The van der Waals surface area contributed by atoms with Gasteiger partial charge in [0.15, 0.2) is 0 Å². The molecular weight excluding hydrogens is 501 g/mol. The Bertz CT molecular complexity index is 1060. The maximum absolute atomic E-state index is 12.9. The van der Waals surface area contributed by atoms with E-state index in [4.69, 9.17) is 19.4 Å². The van der Waals surface area contributed by atoms with Crippen LogP contribution in [0.3, 0.4) is 0 Å². The summed E-state index contributed by atoms with van der Waals surface area (Å²) in [4.78, 5) is 26.4. The summed E-state index contributed by atoms with van der Waals surface area (Å²) in [6.45, 7) is 7.64. The van der Waals surface area contributed by atoms with E-state index in [9.17, 15) is 18.0 Å². The van der Waals surface area contributed by atoms with Crippen molar-refractivity contribution in [3.8, 4) is 11.5 Å². The second kappa shape index (κ2) is 13.0. The van der Waals surface area contributed by atoms with Crippen LogP contribution in [-0.4, -0.2) is 72.9 Å². The molecule has 2 aliphatic heterocycles. The molecule has 1 spiro atoms. The number of carbonyl (C=O) groups excluding carboxylic acids is 1. The molecular formula is C28H35F3N2O5. The number of likely N-dealkylation sites (tertiary alicyclic amines) is 2. The molecule has 7 nitrogen and oxygen atoms in total. The highest BCUT2D eigenvalue weighted by Gasteiger charge is 2.39. The van der Waals surface area contributed by atoms with Crippen molar-refractivity contribution in [3.63, 3.8) is 0 Å². The average molecular weight is 537 g/mol. The number of rotatable bonds is 6. The molecule has 10 heteroatoms. The number of carboxylic acids is 1. The maximum Gasteiger partial charge on any atom is 0.490 e. The van der Waals surface area contributed by atoms with Gasteiger partial charge in [0.2, 0.25) is 0 Å². The Kier molecular flexibility index (Phi) is 10.0. The van der Waals surface area contributed by atoms with Crippen molar-refractivity contribution >= 4 is 11.9 Å². The third kappa shape index (κ3) is 7.86. The van der Waals surface area contributed by atoms with Gasteiger partial charge in [0.1, 0.15) is 11.5 Å². The Morgan fingerprint density at radius 2 is 1.50 bits per heavy atom. The Labute approximate surface area is 221 Å². The molecule has 0 radical (unpaired) electrons. The van der Waals surface area contributed by atoms with Crippen LogP contribution in [0.2, 0.25) is 0 Å². The van der Waals surface area contributed by atoms with E-state index in [1.807, 2.05) is 42.2 Å². The highest BCUT2D eigenvalue weighted by atomic mass is 19.4. The molecule has 2 aliphatic rings. The smallest absolute Gasteiger partial charge is 0.490 e. The number of amides is 1. The highest BCUT2D eigenvalue weighted by molar-refractivity contribution is 5.94. The third-order valence-electron chi connectivity index (χ3n) is 7.27. The minimum absolute atomic E-state index is 0.141. The zero-order valence-electron chi connectivity index (χ0n) is 21.8. The first-order valence-corrected chi connectivity index (χ1v) is 12.7. The van der Waals surface area contributed by atoms with Crippen LogP contribution >= 0.6 is 0 Å². The fourth-order valence-corrected chi connectivity index (χ4v) is 4.96. The molecule has 2 fully saturated rings. The first-order valence-electron chi connectivity index (χ1n) is 12.7. The number of piperidine rings is 2. The molecule has 1 N–H and O–H groups in total. The van der Waals surface area contributed by atoms with Crippen molar-refractivity contribution in [3.05, 3.63) is 59.7 Å². The second-order valence-corrected chi connectivity index (χ2v) is 9.64. The van der Waals surface area contributed by atoms with Crippen LogP contribution in [0.4, 0.5) is 13.2 Å². The van der Waals surface area contributed by atoms with Gasteiger partial charge in [0.05, 0.1) is 13.7 Å². The first kappa shape index (κ1) is 29.3. The predicted molar refractivity (Wildman–Crippen MR) is 136 cm³/mol. The van der Waals surface area contributed by atoms with Gasteiger partial charge in [-0.2, -0.15) is 13.2 Å². The van der Waals surface area contributed by atoms with Gasteiger partial charge < -0.3 is 19.5 Å². The molecule has 0 aromatic heterocycles. The van der Waals surface area contributed by atoms with Crippen LogP contribution in [0.15, 0.2) is 48.5 Å². The summed E-state index contributed by atoms with van der Waals surface area (Å²) in [5, 5.41) is 7.12. The van der Waals surface area contributed by atoms with Crippen LogP contribution in [-0.2, 0) is 11.3 Å². The third-order valence-corrected chi connectivity index (χ3v) is 7.27. The molecule has 2 aromatic rings. The lowest BCUT2D eigenvalue weighted by Gasteiger charge is -2.47. The number of methoxy groups -OCH3 is 1. The standard InChI is InChI=1S/C26H34N2O3.C2HF3O2/c1-3-31-24-7-5-4-6-22(24)20-27-16-12-26(13-17-27)14-18-28(19-15-26)25(29)21-8-10-23(30-2)11-9-21;3-2(4,5)1(6)7/h4-11H,3,12-20H2,1-2H3;(H,6,7). The quantitative estimate of drug-likeness (QED) is 0.544. The van der Waals surface area contributed by atoms with E-state index in [2.05, 4.69) is 23.1 Å². The second-order valence-electron chi connectivity index (χ2n) is 9.64. The van der Waals surface area contributed by atoms with Gasteiger partial charge in [-0.3, -0.25) is 9.69 Å². The van der Waals surface area contributed by atoms with E-state index >= 15 is 0 Å². The zero-order valence-corrected chi connectivity index (χ0v) is 21.8. The fourth-order valence-electron chi connectivity index (χ4n) is 4.96. The number of benzene rings is 2. The minimum Gasteiger partial charge on any atom is -0.497 e. The lowest BCUT2D eigenvalue weighted by atomic mass is 9.71. The van der Waals surface area contributed by atoms with Crippen molar-refractivity contribution in [2.45, 2.75) is 45.3 Å². The number of alkyl halides is 3. The Balaban J connectivity index is 0.000000505. The molecule has 2 saturated heterocycles. The van der Waals surface area contributed by atoms with Crippen molar-refractivity contribution < 1.29 is 37.3 Å². The Morgan fingerprint density at radius 3 is 2.03 bits per heavy atom. The van der Waals surface area contributed by atoms with Gasteiger partial charge in [-0.15, -0.1) is 0 Å². The number of hydrogen-bond acceptors (Lipinski definition) is 5. The van der Waals surface area contributed by atoms with Gasteiger partial charge in [-0.05, 0) is 81.4 Å². The Hall–Kier alpha value is -3.27. The summed E-state index contributed by atoms with van der Waals surface area (Å²) in [5.41, 5.74) is 2.42. The molecule has 1 amide bonds. The van der Waals surface area contributed by atoms with E-state index < -0.39 is 12.1 Å². The van der Waals surface area contributed by atoms with Gasteiger partial charge in [-0.25, -0.2) is 4.79 Å². The minimum atomic E-state index is -5.08. The summed E-state index contributed by atoms with van der Waals surface area (Å²) in [7, 11) is 1.64. The molecule has 38 heavy (non-hydrogen) atoms. The van der Waals surface area contributed by atoms with E-state index in [0.29, 0.717) is 12.0 Å². The van der Waals surface area contributed by atoms with Crippen LogP contribution in [0.25, 0.3) is 0 Å². The summed E-state index contributed by atoms with van der Waals surface area (Å²) in [6, 6.07) is 15.8. The highest BCUT2D eigenvalue weighted by Crippen LogP contribution is 2.42. The summed E-state index contributed by atoms with van der Waals surface area (Å²) >= 11 is 0. The fraction of sp³-hybridized carbons (Fsp3) is 0.500. The molecule has 0 saturated carbocycles. The molecule has 4 rings (SSSR count). The van der Waals surface area contributed by atoms with E-state index in [0.717, 1.165) is 62.6 Å². The number of carbonyl (C=O) groups is 2. The number of halogens is 3. The number of hydrogen-bond donors (Lipinski definition) is 1. The van der Waals surface area contributed by atoms with Crippen molar-refractivity contribution in [1.82, 2.24) is 9.80 Å². The summed E-state index contributed by atoms with van der Waals surface area (Å²) in [5.74, 6) is -0.824. The molecule has 0 unspecified atom stereocenters. The lowest BCUT2D eigenvalue weighted by molar-refractivity contribution is -0.192.